The van der Waals surface area contributed by atoms with Crippen molar-refractivity contribution in [3.05, 3.63) is 20.8 Å². The summed E-state index contributed by atoms with van der Waals surface area (Å²) in [7, 11) is 1.57. The number of rotatable bonds is 4. The number of aryl methyl sites for hydroxylation is 1. The molecule has 0 aromatic carbocycles. The minimum Gasteiger partial charge on any atom is -0.368 e. The van der Waals surface area contributed by atoms with Crippen LogP contribution in [0.3, 0.4) is 0 Å². The lowest BCUT2D eigenvalue weighted by Gasteiger charge is -2.23. The monoisotopic (exact) mass is 333 g/mol. The van der Waals surface area contributed by atoms with Crippen LogP contribution in [-0.2, 0) is 24.9 Å². The highest BCUT2D eigenvalue weighted by molar-refractivity contribution is 5.89. The molecule has 0 aliphatic carbocycles. The molecule has 128 valence electrons. The molecule has 2 N–H and O–H groups in total. The lowest BCUT2D eigenvalue weighted by atomic mass is 10.3. The Morgan fingerprint density at radius 3 is 2.67 bits per heavy atom. The van der Waals surface area contributed by atoms with Crippen LogP contribution in [0.1, 0.15) is 20.3 Å². The van der Waals surface area contributed by atoms with Crippen molar-refractivity contribution in [2.75, 3.05) is 11.6 Å². The Bertz CT molecular complexity index is 979. The number of nitrogens with zero attached hydrogens (tertiary/aromatic N) is 6. The molecule has 0 fully saturated rings. The van der Waals surface area contributed by atoms with E-state index in [0.717, 1.165) is 0 Å². The first-order valence-corrected chi connectivity index (χ1v) is 7.65. The smallest absolute Gasteiger partial charge is 0.332 e. The summed E-state index contributed by atoms with van der Waals surface area (Å²) in [5.74, 6) is -0.236. The normalized spacial score (nSPS) is 14.0. The van der Waals surface area contributed by atoms with Gasteiger partial charge in [0.15, 0.2) is 11.2 Å². The van der Waals surface area contributed by atoms with Gasteiger partial charge in [-0.1, -0.05) is 6.92 Å². The summed E-state index contributed by atoms with van der Waals surface area (Å²) in [5.41, 5.74) is 5.76. The summed E-state index contributed by atoms with van der Waals surface area (Å²) in [5, 5.41) is 5.63. The van der Waals surface area contributed by atoms with Crippen LogP contribution in [0.2, 0.25) is 0 Å². The number of amides is 1. The third-order valence-corrected chi connectivity index (χ3v) is 3.87. The predicted molar refractivity (Wildman–Crippen MR) is 89.2 cm³/mol. The number of hydrogen-bond donors (Lipinski definition) is 1. The molecular weight excluding hydrogens is 314 g/mol. The summed E-state index contributed by atoms with van der Waals surface area (Å²) in [6, 6.07) is 0. The Hall–Kier alpha value is -2.91. The minimum absolute atomic E-state index is 0.155. The van der Waals surface area contributed by atoms with Crippen molar-refractivity contribution in [3.63, 3.8) is 0 Å². The second-order valence-corrected chi connectivity index (χ2v) is 5.83. The predicted octanol–water partition coefficient (Wildman–Crippen LogP) is -1.01. The molecule has 24 heavy (non-hydrogen) atoms. The lowest BCUT2D eigenvalue weighted by molar-refractivity contribution is -0.116. The fourth-order valence-corrected chi connectivity index (χ4v) is 2.89. The Labute approximate surface area is 136 Å². The van der Waals surface area contributed by atoms with E-state index < -0.39 is 11.6 Å². The van der Waals surface area contributed by atoms with Crippen molar-refractivity contribution in [1.29, 1.82) is 0 Å². The molecule has 0 saturated heterocycles. The topological polar surface area (TPSA) is 121 Å². The number of hydrogen-bond acceptors (Lipinski definition) is 6. The quantitative estimate of drug-likeness (QED) is 0.768. The van der Waals surface area contributed by atoms with E-state index in [1.54, 1.807) is 18.5 Å². The highest BCUT2D eigenvalue weighted by Crippen LogP contribution is 2.23. The third kappa shape index (κ3) is 2.30. The van der Waals surface area contributed by atoms with Gasteiger partial charge in [-0.2, -0.15) is 10.1 Å². The van der Waals surface area contributed by atoms with Crippen LogP contribution in [0.5, 0.6) is 0 Å². The van der Waals surface area contributed by atoms with Gasteiger partial charge >= 0.3 is 5.69 Å². The number of aromatic nitrogens is 4. The molecule has 1 amide bonds. The maximum absolute atomic E-state index is 12.8. The van der Waals surface area contributed by atoms with Gasteiger partial charge < -0.3 is 5.73 Å². The van der Waals surface area contributed by atoms with Gasteiger partial charge in [-0.15, -0.1) is 0 Å². The van der Waals surface area contributed by atoms with Gasteiger partial charge in [0.1, 0.15) is 6.54 Å². The Kier molecular flexibility index (Phi) is 3.74. The van der Waals surface area contributed by atoms with E-state index in [1.807, 2.05) is 6.92 Å². The Morgan fingerprint density at radius 1 is 1.33 bits per heavy atom. The first-order chi connectivity index (χ1) is 11.3. The second kappa shape index (κ2) is 5.62. The molecular formula is C14H19N7O3. The van der Waals surface area contributed by atoms with Crippen LogP contribution in [0, 0.1) is 0 Å². The van der Waals surface area contributed by atoms with Crippen molar-refractivity contribution < 1.29 is 4.79 Å². The molecule has 0 bridgehead atoms. The largest absolute Gasteiger partial charge is 0.368 e. The summed E-state index contributed by atoms with van der Waals surface area (Å²) in [4.78, 5) is 40.8. The molecule has 3 heterocycles. The van der Waals surface area contributed by atoms with Gasteiger partial charge in [-0.05, 0) is 13.3 Å². The van der Waals surface area contributed by atoms with Gasteiger partial charge in [-0.25, -0.2) is 9.80 Å². The highest BCUT2D eigenvalue weighted by Gasteiger charge is 2.27. The minimum atomic E-state index is -0.565. The van der Waals surface area contributed by atoms with E-state index in [0.29, 0.717) is 36.7 Å². The molecule has 0 saturated carbocycles. The first kappa shape index (κ1) is 16.0. The number of carbonyl (C=O) groups excluding carboxylic acids is 1. The van der Waals surface area contributed by atoms with E-state index in [2.05, 4.69) is 10.1 Å². The van der Waals surface area contributed by atoms with Crippen molar-refractivity contribution in [1.82, 2.24) is 18.7 Å². The zero-order valence-corrected chi connectivity index (χ0v) is 13.8. The van der Waals surface area contributed by atoms with Gasteiger partial charge in [0.05, 0.1) is 12.3 Å². The third-order valence-electron chi connectivity index (χ3n) is 3.87. The molecule has 1 aliphatic rings. The van der Waals surface area contributed by atoms with Gasteiger partial charge in [0, 0.05) is 13.6 Å². The van der Waals surface area contributed by atoms with Crippen molar-refractivity contribution in [2.45, 2.75) is 33.4 Å². The summed E-state index contributed by atoms with van der Waals surface area (Å²) < 4.78 is 4.22. The van der Waals surface area contributed by atoms with E-state index >= 15 is 0 Å². The van der Waals surface area contributed by atoms with Crippen LogP contribution < -0.4 is 22.0 Å². The molecule has 3 rings (SSSR count). The summed E-state index contributed by atoms with van der Waals surface area (Å²) >= 11 is 0. The standard InChI is InChI=1S/C14H19N7O3/c1-4-5-19-12(23)10-11(18(3)14(19)24)16-13-20(10)6-8(2)17-21(13)7-9(15)22/h4-7H2,1-3H3,(H2,15,22). The van der Waals surface area contributed by atoms with E-state index in [9.17, 15) is 14.4 Å². The van der Waals surface area contributed by atoms with Gasteiger partial charge in [-0.3, -0.25) is 23.3 Å². The molecule has 0 unspecified atom stereocenters. The van der Waals surface area contributed by atoms with E-state index in [1.165, 1.54) is 14.1 Å². The van der Waals surface area contributed by atoms with Crippen molar-refractivity contribution >= 4 is 28.7 Å². The number of nitrogens with two attached hydrogens (primary N) is 1. The maximum atomic E-state index is 12.8. The number of fused-ring (bicyclic) bond motifs is 3. The Morgan fingerprint density at radius 2 is 2.04 bits per heavy atom. The zero-order valence-electron chi connectivity index (χ0n) is 13.8. The molecule has 10 nitrogen and oxygen atoms in total. The number of anilines is 1. The van der Waals surface area contributed by atoms with Crippen LogP contribution >= 0.6 is 0 Å². The molecule has 0 spiro atoms. The first-order valence-electron chi connectivity index (χ1n) is 7.65. The molecule has 10 heteroatoms. The van der Waals surface area contributed by atoms with Crippen molar-refractivity contribution in [3.8, 4) is 0 Å². The van der Waals surface area contributed by atoms with Crippen LogP contribution in [-0.4, -0.2) is 36.8 Å². The van der Waals surface area contributed by atoms with Gasteiger partial charge in [0.2, 0.25) is 11.9 Å². The lowest BCUT2D eigenvalue weighted by Crippen LogP contribution is -2.40. The fraction of sp³-hybridized carbons (Fsp3) is 0.500. The second-order valence-electron chi connectivity index (χ2n) is 5.83. The molecule has 0 radical (unpaired) electrons. The molecule has 2 aromatic heterocycles. The van der Waals surface area contributed by atoms with Crippen molar-refractivity contribution in [2.24, 2.45) is 17.9 Å². The molecule has 2 aromatic rings. The number of carbonyl (C=O) groups is 1. The van der Waals surface area contributed by atoms with Crippen LogP contribution in [0.4, 0.5) is 5.95 Å². The average Bonchev–Trinajstić information content (AvgIpc) is 2.88. The zero-order chi connectivity index (χ0) is 17.6. The van der Waals surface area contributed by atoms with E-state index in [4.69, 9.17) is 5.73 Å². The van der Waals surface area contributed by atoms with Crippen LogP contribution in [0.25, 0.3) is 11.2 Å². The van der Waals surface area contributed by atoms with E-state index in [-0.39, 0.29) is 17.8 Å². The summed E-state index contributed by atoms with van der Waals surface area (Å²) in [6.45, 7) is 4.22. The molecule has 1 aliphatic heterocycles. The SMILES string of the molecule is CCCn1c(=O)c2c(nc3n2CC(C)=NN3CC(N)=O)n(C)c1=O. The Balaban J connectivity index is 2.34. The van der Waals surface area contributed by atoms with Gasteiger partial charge in [0.25, 0.3) is 5.56 Å². The number of imidazole rings is 1. The van der Waals surface area contributed by atoms with Crippen LogP contribution in [0.15, 0.2) is 14.7 Å². The maximum Gasteiger partial charge on any atom is 0.332 e. The summed E-state index contributed by atoms with van der Waals surface area (Å²) in [6.07, 6.45) is 0.663. The highest BCUT2D eigenvalue weighted by atomic mass is 16.2. The average molecular weight is 333 g/mol. The number of primary amides is 1. The molecule has 0 atom stereocenters. The fourth-order valence-electron chi connectivity index (χ4n) is 2.89. The number of hydrazone groups is 1.